The van der Waals surface area contributed by atoms with Crippen molar-refractivity contribution in [3.8, 4) is 5.75 Å². The number of amides is 3. The number of anilines is 2. The van der Waals surface area contributed by atoms with Crippen LogP contribution in [0.3, 0.4) is 0 Å². The molecule has 0 radical (unpaired) electrons. The van der Waals surface area contributed by atoms with Crippen LogP contribution in [-0.2, 0) is 31.3 Å². The molecule has 0 bridgehead atoms. The Bertz CT molecular complexity index is 2480. The van der Waals surface area contributed by atoms with E-state index in [1.54, 1.807) is 84.8 Å². The third-order valence-corrected chi connectivity index (χ3v) is 9.85. The number of ether oxygens (including phenoxy) is 1. The van der Waals surface area contributed by atoms with Crippen LogP contribution in [0.2, 0.25) is 10.0 Å². The van der Waals surface area contributed by atoms with Gasteiger partial charge in [0.25, 0.3) is 0 Å². The van der Waals surface area contributed by atoms with Crippen molar-refractivity contribution in [2.75, 3.05) is 23.4 Å². The molecule has 2 heterocycles. The Morgan fingerprint density at radius 3 is 2.32 bits per heavy atom. The molecule has 288 valence electrons. The number of aryl methyl sites for hydroxylation is 1. The second-order valence-electron chi connectivity index (χ2n) is 13.0. The maximum atomic E-state index is 14.2. The maximum absolute atomic E-state index is 14.2. The van der Waals surface area contributed by atoms with Gasteiger partial charge < -0.3 is 25.0 Å². The number of aromatic nitrogens is 2. The lowest BCUT2D eigenvalue weighted by molar-refractivity contribution is -0.151. The topological polar surface area (TPSA) is 142 Å². The quantitative estimate of drug-likeness (QED) is 0.0740. The Morgan fingerprint density at radius 1 is 0.877 bits per heavy atom. The molecule has 6 rings (SSSR count). The molecule has 0 aliphatic carbocycles. The molecule has 3 amide bonds. The number of esters is 1. The molecule has 11 nitrogen and oxygen atoms in total. The van der Waals surface area contributed by atoms with E-state index in [2.05, 4.69) is 15.3 Å². The van der Waals surface area contributed by atoms with Crippen LogP contribution in [0.5, 0.6) is 5.75 Å². The number of carbonyl (C=O) groups excluding carboxylic acids is 4. The first-order valence-electron chi connectivity index (χ1n) is 17.7. The van der Waals surface area contributed by atoms with Crippen molar-refractivity contribution in [2.45, 2.75) is 26.0 Å². The molecule has 0 aliphatic heterocycles. The van der Waals surface area contributed by atoms with E-state index in [9.17, 15) is 24.3 Å². The number of benzene rings is 4. The monoisotopic (exact) mass is 801 g/mol. The van der Waals surface area contributed by atoms with Crippen molar-refractivity contribution in [1.82, 2.24) is 15.3 Å². The number of fused-ring (bicyclic) bond motifs is 1. The van der Waals surface area contributed by atoms with E-state index in [0.717, 1.165) is 11.1 Å². The summed E-state index contributed by atoms with van der Waals surface area (Å²) in [7, 11) is 1.44. The molecule has 0 spiro atoms. The van der Waals surface area contributed by atoms with E-state index < -0.39 is 29.9 Å². The fourth-order valence-corrected chi connectivity index (χ4v) is 6.87. The predicted octanol–water partition coefficient (Wildman–Crippen LogP) is 7.43. The number of halogens is 2. The van der Waals surface area contributed by atoms with Crippen molar-refractivity contribution in [3.63, 3.8) is 0 Å². The normalized spacial score (nSPS) is 12.2. The van der Waals surface area contributed by atoms with Crippen molar-refractivity contribution in [1.29, 1.82) is 0 Å². The average molecular weight is 803 g/mol. The summed E-state index contributed by atoms with van der Waals surface area (Å²) in [5.74, 6) is -2.23. The molecular formula is C44H37Cl2N5O6. The molecule has 0 aliphatic rings. The van der Waals surface area contributed by atoms with E-state index in [4.69, 9.17) is 27.9 Å². The van der Waals surface area contributed by atoms with Gasteiger partial charge in [-0.2, -0.15) is 0 Å². The van der Waals surface area contributed by atoms with Gasteiger partial charge in [0, 0.05) is 53.6 Å². The highest BCUT2D eigenvalue weighted by molar-refractivity contribution is 6.39. The lowest BCUT2D eigenvalue weighted by Crippen LogP contribution is -2.41. The van der Waals surface area contributed by atoms with E-state index in [1.807, 2.05) is 30.3 Å². The molecule has 2 N–H and O–H groups in total. The van der Waals surface area contributed by atoms with Crippen LogP contribution in [0.15, 0.2) is 128 Å². The van der Waals surface area contributed by atoms with Gasteiger partial charge in [0.2, 0.25) is 23.3 Å². The largest absolute Gasteiger partial charge is 0.422 e. The number of likely N-dealkylation sites (N-methyl/N-ethyl adjacent to an activating group) is 1. The minimum Gasteiger partial charge on any atom is -0.422 e. The summed E-state index contributed by atoms with van der Waals surface area (Å²) >= 11 is 13.6. The molecule has 1 unspecified atom stereocenters. The van der Waals surface area contributed by atoms with Crippen LogP contribution in [0.25, 0.3) is 17.0 Å². The summed E-state index contributed by atoms with van der Waals surface area (Å²) in [6.07, 6.45) is 4.53. The van der Waals surface area contributed by atoms with Crippen molar-refractivity contribution in [2.24, 2.45) is 0 Å². The summed E-state index contributed by atoms with van der Waals surface area (Å²) in [4.78, 5) is 64.3. The van der Waals surface area contributed by atoms with Gasteiger partial charge in [-0.25, -0.2) is 9.78 Å². The van der Waals surface area contributed by atoms with Gasteiger partial charge >= 0.3 is 5.97 Å². The SMILES string of the molecule is CC(=O)N(Cc1ccccn1)c1ccc(/C=C/C(=O)NCC(=O)N(C)c2ccc(Cl)c(C(O)(C(=O)Oc3cccc4ccc(C)nc34)c3ccccc3)c2Cl)cc1. The van der Waals surface area contributed by atoms with Crippen LogP contribution in [0, 0.1) is 6.92 Å². The number of rotatable bonds is 12. The second kappa shape index (κ2) is 17.6. The lowest BCUT2D eigenvalue weighted by Gasteiger charge is -2.30. The number of pyridine rings is 2. The third kappa shape index (κ3) is 9.02. The van der Waals surface area contributed by atoms with E-state index >= 15 is 0 Å². The summed E-state index contributed by atoms with van der Waals surface area (Å²) in [6, 6.07) is 32.3. The van der Waals surface area contributed by atoms with Crippen molar-refractivity contribution >= 4 is 75.2 Å². The summed E-state index contributed by atoms with van der Waals surface area (Å²) in [5, 5.41) is 15.5. The molecule has 4 aromatic carbocycles. The maximum Gasteiger partial charge on any atom is 0.353 e. The first-order valence-corrected chi connectivity index (χ1v) is 18.5. The lowest BCUT2D eigenvalue weighted by atomic mass is 9.85. The number of aliphatic hydroxyl groups is 1. The number of hydrogen-bond donors (Lipinski definition) is 2. The van der Waals surface area contributed by atoms with Crippen LogP contribution in [-0.4, -0.2) is 52.4 Å². The molecule has 0 saturated heterocycles. The van der Waals surface area contributed by atoms with Crippen LogP contribution < -0.4 is 19.9 Å². The predicted molar refractivity (Wildman–Crippen MR) is 221 cm³/mol. The van der Waals surface area contributed by atoms with Crippen LogP contribution in [0.4, 0.5) is 11.4 Å². The van der Waals surface area contributed by atoms with Gasteiger partial charge in [0.1, 0.15) is 5.52 Å². The number of hydrogen-bond acceptors (Lipinski definition) is 8. The Balaban J connectivity index is 1.17. The third-order valence-electron chi connectivity index (χ3n) is 9.15. The van der Waals surface area contributed by atoms with Gasteiger partial charge in [-0.1, -0.05) is 89.9 Å². The summed E-state index contributed by atoms with van der Waals surface area (Å²) in [5.41, 5.74) is 0.699. The average Bonchev–Trinajstić information content (AvgIpc) is 3.22. The standard InChI is InChI=1S/C44H37Cl2N5O6/c1-28-15-19-31-10-9-14-37(42(31)49-28)57-43(55)44(56,32-11-5-4-6-12-32)40-35(45)22-23-36(41(40)46)50(3)39(54)26-48-38(53)24-18-30-16-20-34(21-17-30)51(29(2)52)27-33-13-7-8-25-47-33/h4-25,56H,26-27H2,1-3H3,(H,48,53)/b24-18+. The highest BCUT2D eigenvalue weighted by Gasteiger charge is 2.46. The number of para-hydroxylation sites is 1. The number of nitrogens with one attached hydrogen (secondary N) is 1. The molecule has 13 heteroatoms. The van der Waals surface area contributed by atoms with Gasteiger partial charge in [0.15, 0.2) is 5.75 Å². The van der Waals surface area contributed by atoms with Crippen molar-refractivity contribution < 1.29 is 29.0 Å². The minimum absolute atomic E-state index is 0.0616. The molecule has 6 aromatic rings. The first-order chi connectivity index (χ1) is 27.4. The highest BCUT2D eigenvalue weighted by atomic mass is 35.5. The molecule has 2 aromatic heterocycles. The smallest absolute Gasteiger partial charge is 0.353 e. The number of carbonyl (C=O) groups is 4. The molecule has 1 atom stereocenters. The van der Waals surface area contributed by atoms with E-state index in [0.29, 0.717) is 29.0 Å². The Labute approximate surface area is 339 Å². The van der Waals surface area contributed by atoms with Crippen LogP contribution >= 0.6 is 23.2 Å². The fourth-order valence-electron chi connectivity index (χ4n) is 6.10. The zero-order valence-corrected chi connectivity index (χ0v) is 32.7. The molecule has 0 fully saturated rings. The summed E-state index contributed by atoms with van der Waals surface area (Å²) in [6.45, 7) is 3.18. The second-order valence-corrected chi connectivity index (χ2v) is 13.8. The highest BCUT2D eigenvalue weighted by Crippen LogP contribution is 2.44. The molecule has 57 heavy (non-hydrogen) atoms. The Morgan fingerprint density at radius 2 is 1.61 bits per heavy atom. The van der Waals surface area contributed by atoms with E-state index in [1.165, 1.54) is 49.2 Å². The Kier molecular flexibility index (Phi) is 12.4. The summed E-state index contributed by atoms with van der Waals surface area (Å²) < 4.78 is 5.86. The number of nitrogens with zero attached hydrogens (tertiary/aromatic N) is 4. The molecule has 0 saturated carbocycles. The first kappa shape index (κ1) is 40.3. The zero-order chi connectivity index (χ0) is 40.7. The van der Waals surface area contributed by atoms with Crippen LogP contribution in [0.1, 0.15) is 35.0 Å². The van der Waals surface area contributed by atoms with Gasteiger partial charge in [0.05, 0.1) is 29.5 Å². The van der Waals surface area contributed by atoms with E-state index in [-0.39, 0.29) is 38.5 Å². The minimum atomic E-state index is -2.54. The Hall–Kier alpha value is -6.40. The van der Waals surface area contributed by atoms with Gasteiger partial charge in [-0.05, 0) is 72.7 Å². The molecular weight excluding hydrogens is 765 g/mol. The fraction of sp³-hybridized carbons (Fsp3) is 0.136. The van der Waals surface area contributed by atoms with Gasteiger partial charge in [-0.3, -0.25) is 19.4 Å². The zero-order valence-electron chi connectivity index (χ0n) is 31.1. The van der Waals surface area contributed by atoms with Gasteiger partial charge in [-0.15, -0.1) is 0 Å². The van der Waals surface area contributed by atoms with Crippen molar-refractivity contribution in [3.05, 3.63) is 166 Å².